The van der Waals surface area contributed by atoms with Crippen LogP contribution in [0.25, 0.3) is 0 Å². The molecular formula is C70H121N2O7P. The highest BCUT2D eigenvalue weighted by molar-refractivity contribution is 7.45. The summed E-state index contributed by atoms with van der Waals surface area (Å²) >= 11 is 0. The van der Waals surface area contributed by atoms with E-state index in [-0.39, 0.29) is 18.9 Å². The van der Waals surface area contributed by atoms with Crippen molar-refractivity contribution in [2.24, 2.45) is 0 Å². The standard InChI is InChI=1S/C70H121N2O7P/c1-7-10-13-16-19-22-25-28-30-32-33-34-35-36-37-38-39-41-42-44-47-50-53-56-59-62-69(73)71-67(66-78-80(75,76)77-65-64-72(4,5)6)68(61-58-55-52-49-46-27-24-21-18-15-12-9-3)79-70(74)63-60-57-54-51-48-45-43-40-31-29-26-23-20-17-14-11-8-2/h10,13,19-20,22-23,28-31,33-34,36-37,43,45,51,54,58,61,67-68H,7-9,11-12,14-18,21,24-27,32,35,38-42,44,46-50,52-53,55-57,59-60,62-66H2,1-6H3,(H-,71,73,75,76)/b13-10-,22-19-,23-20-,30-28-,31-29-,34-33-,37-36-,45-43-,54-51-,61-58-. The minimum atomic E-state index is -4.72. The fourth-order valence-electron chi connectivity index (χ4n) is 8.66. The highest BCUT2D eigenvalue weighted by Gasteiger charge is 2.27. The van der Waals surface area contributed by atoms with Crippen molar-refractivity contribution in [2.75, 3.05) is 40.9 Å². The molecule has 3 atom stereocenters. The number of phosphoric ester groups is 1. The number of nitrogens with one attached hydrogen (secondary N) is 1. The third-order valence-corrected chi connectivity index (χ3v) is 14.6. The van der Waals surface area contributed by atoms with Gasteiger partial charge in [0.25, 0.3) is 7.82 Å². The van der Waals surface area contributed by atoms with E-state index in [1.165, 1.54) is 109 Å². The first-order chi connectivity index (χ1) is 38.9. The summed E-state index contributed by atoms with van der Waals surface area (Å²) in [6, 6.07) is -0.922. The largest absolute Gasteiger partial charge is 0.756 e. The number of allylic oxidation sites excluding steroid dienone is 19. The summed E-state index contributed by atoms with van der Waals surface area (Å²) in [5, 5.41) is 3.01. The predicted molar refractivity (Wildman–Crippen MR) is 343 cm³/mol. The molecule has 0 radical (unpaired) electrons. The van der Waals surface area contributed by atoms with Gasteiger partial charge in [-0.15, -0.1) is 0 Å². The molecule has 0 aromatic rings. The van der Waals surface area contributed by atoms with Crippen molar-refractivity contribution in [1.29, 1.82) is 0 Å². The average Bonchev–Trinajstić information content (AvgIpc) is 3.42. The first kappa shape index (κ1) is 76.4. The van der Waals surface area contributed by atoms with E-state index in [9.17, 15) is 19.0 Å². The van der Waals surface area contributed by atoms with Gasteiger partial charge in [0.1, 0.15) is 19.3 Å². The molecule has 10 heteroatoms. The number of carbonyl (C=O) groups excluding carboxylic acids is 2. The van der Waals surface area contributed by atoms with E-state index in [0.717, 1.165) is 109 Å². The van der Waals surface area contributed by atoms with Crippen LogP contribution in [-0.2, 0) is 27.9 Å². The molecule has 0 saturated heterocycles. The topological polar surface area (TPSA) is 114 Å². The predicted octanol–water partition coefficient (Wildman–Crippen LogP) is 19.6. The van der Waals surface area contributed by atoms with Crippen LogP contribution < -0.4 is 10.2 Å². The summed E-state index contributed by atoms with van der Waals surface area (Å²) in [6.07, 6.45) is 81.7. The lowest BCUT2D eigenvalue weighted by Crippen LogP contribution is -2.47. The van der Waals surface area contributed by atoms with Crippen LogP contribution in [0.2, 0.25) is 0 Å². The molecule has 0 aliphatic heterocycles. The molecule has 80 heavy (non-hydrogen) atoms. The number of amides is 1. The molecule has 0 fully saturated rings. The number of carbonyl (C=O) groups is 2. The molecule has 0 aromatic heterocycles. The lowest BCUT2D eigenvalue weighted by molar-refractivity contribution is -0.870. The molecule has 0 rings (SSSR count). The smallest absolute Gasteiger partial charge is 0.306 e. The maximum Gasteiger partial charge on any atom is 0.306 e. The molecule has 458 valence electrons. The van der Waals surface area contributed by atoms with Crippen molar-refractivity contribution in [3.8, 4) is 0 Å². The normalized spacial score (nSPS) is 14.4. The molecule has 0 aliphatic rings. The molecule has 0 spiro atoms. The van der Waals surface area contributed by atoms with Gasteiger partial charge in [-0.2, -0.15) is 0 Å². The van der Waals surface area contributed by atoms with Gasteiger partial charge in [0.15, 0.2) is 0 Å². The summed E-state index contributed by atoms with van der Waals surface area (Å²) in [5.74, 6) is -0.619. The molecule has 1 amide bonds. The summed E-state index contributed by atoms with van der Waals surface area (Å²) in [6.45, 7) is 6.65. The van der Waals surface area contributed by atoms with Crippen LogP contribution in [0.4, 0.5) is 0 Å². The van der Waals surface area contributed by atoms with E-state index in [2.05, 4.69) is 135 Å². The molecular weight excluding hydrogens is 1010 g/mol. The van der Waals surface area contributed by atoms with Crippen LogP contribution in [-0.4, -0.2) is 69.4 Å². The van der Waals surface area contributed by atoms with Gasteiger partial charge in [-0.05, 0) is 115 Å². The number of likely N-dealkylation sites (N-methyl/N-ethyl adjacent to an activating group) is 1. The van der Waals surface area contributed by atoms with Crippen molar-refractivity contribution in [3.05, 3.63) is 122 Å². The Bertz CT molecular complexity index is 1780. The Morgan fingerprint density at radius 3 is 1.25 bits per heavy atom. The van der Waals surface area contributed by atoms with Gasteiger partial charge >= 0.3 is 5.97 Å². The van der Waals surface area contributed by atoms with Gasteiger partial charge in [0.05, 0.1) is 33.8 Å². The molecule has 9 nitrogen and oxygen atoms in total. The van der Waals surface area contributed by atoms with E-state index >= 15 is 0 Å². The lowest BCUT2D eigenvalue weighted by atomic mass is 10.0. The van der Waals surface area contributed by atoms with Crippen LogP contribution in [0.15, 0.2) is 122 Å². The Morgan fingerprint density at radius 1 is 0.450 bits per heavy atom. The SMILES string of the molecule is CC/C=C\C/C=C\C/C=C\C/C=C\C/C=C\CCCCCCCCCCCC(=O)NC(COP(=O)([O-])OCC[N+](C)(C)C)C(/C=C\CCCCCCCCCCCC)OC(=O)CCC/C=C\C/C=C\C/C=C\C/C=C\CCCCC. The quantitative estimate of drug-likeness (QED) is 0.0212. The van der Waals surface area contributed by atoms with E-state index in [0.29, 0.717) is 23.9 Å². The van der Waals surface area contributed by atoms with Gasteiger partial charge in [-0.1, -0.05) is 252 Å². The van der Waals surface area contributed by atoms with Crippen LogP contribution >= 0.6 is 7.82 Å². The van der Waals surface area contributed by atoms with E-state index in [1.54, 1.807) is 0 Å². The van der Waals surface area contributed by atoms with Gasteiger partial charge in [0.2, 0.25) is 5.91 Å². The number of nitrogens with zero attached hydrogens (tertiary/aromatic N) is 1. The summed E-state index contributed by atoms with van der Waals surface area (Å²) in [7, 11) is 1.14. The Labute approximate surface area is 493 Å². The van der Waals surface area contributed by atoms with Gasteiger partial charge in [-0.25, -0.2) is 0 Å². The number of rotatable bonds is 57. The first-order valence-electron chi connectivity index (χ1n) is 32.3. The maximum atomic E-state index is 13.6. The van der Waals surface area contributed by atoms with Crippen LogP contribution in [0.1, 0.15) is 258 Å². The monoisotopic (exact) mass is 1130 g/mol. The van der Waals surface area contributed by atoms with Crippen LogP contribution in [0.5, 0.6) is 0 Å². The van der Waals surface area contributed by atoms with Crippen molar-refractivity contribution in [3.63, 3.8) is 0 Å². The minimum absolute atomic E-state index is 0.0380. The highest BCUT2D eigenvalue weighted by atomic mass is 31.2. The van der Waals surface area contributed by atoms with Crippen LogP contribution in [0, 0.1) is 0 Å². The summed E-state index contributed by atoms with van der Waals surface area (Å²) in [5.41, 5.74) is 0. The zero-order chi connectivity index (χ0) is 58.6. The molecule has 0 aromatic carbocycles. The van der Waals surface area contributed by atoms with Gasteiger partial charge in [-0.3, -0.25) is 14.2 Å². The number of hydrogen-bond donors (Lipinski definition) is 1. The first-order valence-corrected chi connectivity index (χ1v) is 33.8. The molecule has 0 bridgehead atoms. The molecule has 0 saturated carbocycles. The van der Waals surface area contributed by atoms with Gasteiger partial charge in [0, 0.05) is 12.8 Å². The molecule has 0 aliphatic carbocycles. The lowest BCUT2D eigenvalue weighted by Gasteiger charge is -2.30. The number of esters is 1. The zero-order valence-electron chi connectivity index (χ0n) is 52.2. The Morgan fingerprint density at radius 2 is 0.812 bits per heavy atom. The van der Waals surface area contributed by atoms with Crippen LogP contribution in [0.3, 0.4) is 0 Å². The average molecular weight is 1130 g/mol. The fourth-order valence-corrected chi connectivity index (χ4v) is 9.38. The van der Waals surface area contributed by atoms with Crippen molar-refractivity contribution in [1.82, 2.24) is 5.32 Å². The van der Waals surface area contributed by atoms with Gasteiger partial charge < -0.3 is 28.5 Å². The second-order valence-corrected chi connectivity index (χ2v) is 23.9. The third-order valence-electron chi connectivity index (χ3n) is 13.6. The number of phosphoric acid groups is 1. The van der Waals surface area contributed by atoms with E-state index in [4.69, 9.17) is 13.8 Å². The number of unbranched alkanes of at least 4 members (excludes halogenated alkanes) is 23. The molecule has 3 unspecified atom stereocenters. The Kier molecular flexibility index (Phi) is 56.0. The van der Waals surface area contributed by atoms with Crippen molar-refractivity contribution in [2.45, 2.75) is 270 Å². The van der Waals surface area contributed by atoms with E-state index in [1.807, 2.05) is 33.3 Å². The summed E-state index contributed by atoms with van der Waals surface area (Å²) in [4.78, 5) is 40.0. The van der Waals surface area contributed by atoms with Crippen molar-refractivity contribution >= 4 is 19.7 Å². The molecule has 1 N–H and O–H groups in total. The highest BCUT2D eigenvalue weighted by Crippen LogP contribution is 2.38. The minimum Gasteiger partial charge on any atom is -0.756 e. The second kappa shape index (κ2) is 58.6. The van der Waals surface area contributed by atoms with E-state index < -0.39 is 32.5 Å². The fraction of sp³-hybridized carbons (Fsp3) is 0.686. The second-order valence-electron chi connectivity index (χ2n) is 22.5. The maximum absolute atomic E-state index is 13.6. The zero-order valence-corrected chi connectivity index (χ0v) is 53.1. The Balaban J connectivity index is 5.25. The Hall–Kier alpha value is -3.59. The van der Waals surface area contributed by atoms with Crippen molar-refractivity contribution < 1.29 is 37.3 Å². The molecule has 0 heterocycles. The third kappa shape index (κ3) is 59.0. The number of quaternary nitrogens is 1. The number of ether oxygens (including phenoxy) is 1. The number of hydrogen-bond acceptors (Lipinski definition) is 7. The summed E-state index contributed by atoms with van der Waals surface area (Å²) < 4.78 is 30.3.